The first-order valence-corrected chi connectivity index (χ1v) is 9.39. The lowest BCUT2D eigenvalue weighted by atomic mass is 10.1. The number of aryl methyl sites for hydroxylation is 1. The van der Waals surface area contributed by atoms with E-state index >= 15 is 0 Å². The van der Waals surface area contributed by atoms with Crippen molar-refractivity contribution < 1.29 is 18.3 Å². The van der Waals surface area contributed by atoms with Gasteiger partial charge in [-0.2, -0.15) is 9.61 Å². The zero-order valence-corrected chi connectivity index (χ0v) is 17.1. The van der Waals surface area contributed by atoms with Gasteiger partial charge in [-0.25, -0.2) is 8.78 Å². The number of rotatable bonds is 4. The standard InChI is InChI=1S/C19H14F2N6O2.C2H6/c1-9-24-25-19-13(18(23)28)8-15(26-27(9)19)12-7-11(22)3-5-16(12)29-17-4-2-10(20)6-14(17)21;1-2/h2-8H,22H2,1H3,(H2,23,28);1-2H3. The number of hydrogen-bond acceptors (Lipinski definition) is 6. The number of nitrogens with two attached hydrogens (primary N) is 2. The minimum Gasteiger partial charge on any atom is -0.454 e. The van der Waals surface area contributed by atoms with E-state index in [4.69, 9.17) is 16.2 Å². The van der Waals surface area contributed by atoms with Gasteiger partial charge in [0.25, 0.3) is 5.91 Å². The first-order chi connectivity index (χ1) is 14.8. The van der Waals surface area contributed by atoms with Crippen LogP contribution in [-0.2, 0) is 0 Å². The summed E-state index contributed by atoms with van der Waals surface area (Å²) in [6.45, 7) is 5.66. The number of benzene rings is 2. The molecule has 0 aliphatic carbocycles. The molecule has 31 heavy (non-hydrogen) atoms. The Kier molecular flexibility index (Phi) is 6.10. The van der Waals surface area contributed by atoms with E-state index < -0.39 is 17.5 Å². The molecule has 1 amide bonds. The fraction of sp³-hybridized carbons (Fsp3) is 0.143. The Morgan fingerprint density at radius 1 is 1.03 bits per heavy atom. The quantitative estimate of drug-likeness (QED) is 0.478. The normalized spacial score (nSPS) is 10.5. The van der Waals surface area contributed by atoms with E-state index in [1.165, 1.54) is 22.7 Å². The molecule has 4 rings (SSSR count). The van der Waals surface area contributed by atoms with Gasteiger partial charge >= 0.3 is 0 Å². The zero-order valence-electron chi connectivity index (χ0n) is 17.1. The van der Waals surface area contributed by atoms with Gasteiger partial charge in [-0.3, -0.25) is 4.79 Å². The molecule has 2 aromatic carbocycles. The Balaban J connectivity index is 0.00000132. The number of nitrogens with zero attached hydrogens (tertiary/aromatic N) is 4. The fourth-order valence-corrected chi connectivity index (χ4v) is 2.81. The Hall–Kier alpha value is -4.08. The van der Waals surface area contributed by atoms with Gasteiger partial charge in [0.05, 0.1) is 11.3 Å². The van der Waals surface area contributed by atoms with Crippen molar-refractivity contribution in [3.63, 3.8) is 0 Å². The number of ether oxygens (including phenoxy) is 1. The molecule has 0 aliphatic rings. The second kappa shape index (κ2) is 8.74. The lowest BCUT2D eigenvalue weighted by Gasteiger charge is -2.13. The first kappa shape index (κ1) is 21.6. The van der Waals surface area contributed by atoms with Gasteiger partial charge in [0.15, 0.2) is 23.0 Å². The van der Waals surface area contributed by atoms with E-state index in [-0.39, 0.29) is 28.4 Å². The third-order valence-corrected chi connectivity index (χ3v) is 4.19. The van der Waals surface area contributed by atoms with Gasteiger partial charge < -0.3 is 16.2 Å². The summed E-state index contributed by atoms with van der Waals surface area (Å²) in [6.07, 6.45) is 0. The number of carbonyl (C=O) groups is 1. The maximum Gasteiger partial charge on any atom is 0.252 e. The summed E-state index contributed by atoms with van der Waals surface area (Å²) in [5, 5.41) is 12.2. The number of amides is 1. The van der Waals surface area contributed by atoms with Crippen LogP contribution in [0.4, 0.5) is 14.5 Å². The molecule has 2 aromatic heterocycles. The molecule has 0 saturated carbocycles. The van der Waals surface area contributed by atoms with E-state index in [2.05, 4.69) is 15.3 Å². The van der Waals surface area contributed by atoms with Crippen LogP contribution in [0.15, 0.2) is 42.5 Å². The smallest absolute Gasteiger partial charge is 0.252 e. The highest BCUT2D eigenvalue weighted by atomic mass is 19.1. The van der Waals surface area contributed by atoms with Crippen LogP contribution in [0.2, 0.25) is 0 Å². The molecule has 2 heterocycles. The third kappa shape index (κ3) is 4.27. The van der Waals surface area contributed by atoms with Crippen LogP contribution in [0.3, 0.4) is 0 Å². The molecule has 10 heteroatoms. The van der Waals surface area contributed by atoms with E-state index in [1.54, 1.807) is 19.1 Å². The van der Waals surface area contributed by atoms with Gasteiger partial charge in [0.1, 0.15) is 11.6 Å². The van der Waals surface area contributed by atoms with Crippen molar-refractivity contribution in [1.29, 1.82) is 0 Å². The molecule has 0 fully saturated rings. The largest absolute Gasteiger partial charge is 0.454 e. The maximum atomic E-state index is 14.1. The molecule has 0 spiro atoms. The maximum absolute atomic E-state index is 14.1. The van der Waals surface area contributed by atoms with Crippen LogP contribution < -0.4 is 16.2 Å². The Labute approximate surface area is 176 Å². The van der Waals surface area contributed by atoms with Gasteiger partial charge in [0, 0.05) is 17.3 Å². The number of carbonyl (C=O) groups excluding carboxylic acids is 1. The van der Waals surface area contributed by atoms with Crippen LogP contribution in [0.25, 0.3) is 16.9 Å². The van der Waals surface area contributed by atoms with E-state index in [1.807, 2.05) is 13.8 Å². The summed E-state index contributed by atoms with van der Waals surface area (Å²) in [5.74, 6) is -1.88. The fourth-order valence-electron chi connectivity index (χ4n) is 2.81. The number of aromatic nitrogens is 4. The molecule has 160 valence electrons. The molecule has 4 N–H and O–H groups in total. The second-order valence-electron chi connectivity index (χ2n) is 6.22. The average Bonchev–Trinajstić information content (AvgIpc) is 3.12. The summed E-state index contributed by atoms with van der Waals surface area (Å²) in [5.41, 5.74) is 12.7. The number of anilines is 1. The Bertz CT molecular complexity index is 1270. The van der Waals surface area contributed by atoms with Crippen molar-refractivity contribution in [3.8, 4) is 22.8 Å². The summed E-state index contributed by atoms with van der Waals surface area (Å²) in [6, 6.07) is 9.00. The lowest BCUT2D eigenvalue weighted by Crippen LogP contribution is -2.14. The van der Waals surface area contributed by atoms with Crippen LogP contribution in [-0.4, -0.2) is 25.7 Å². The molecule has 0 bridgehead atoms. The molecule has 0 atom stereocenters. The number of primary amides is 1. The highest BCUT2D eigenvalue weighted by Gasteiger charge is 2.19. The van der Waals surface area contributed by atoms with Crippen LogP contribution >= 0.6 is 0 Å². The number of hydrogen-bond donors (Lipinski definition) is 2. The molecular formula is C21H20F2N6O2. The van der Waals surface area contributed by atoms with Crippen molar-refractivity contribution in [2.75, 3.05) is 5.73 Å². The van der Waals surface area contributed by atoms with E-state index in [0.717, 1.165) is 6.07 Å². The van der Waals surface area contributed by atoms with Gasteiger partial charge in [-0.15, -0.1) is 10.2 Å². The molecular weight excluding hydrogens is 406 g/mol. The molecule has 8 nitrogen and oxygen atoms in total. The lowest BCUT2D eigenvalue weighted by molar-refractivity contribution is 0.100. The van der Waals surface area contributed by atoms with Crippen LogP contribution in [0.5, 0.6) is 11.5 Å². The minimum atomic E-state index is -0.872. The number of halogens is 2. The summed E-state index contributed by atoms with van der Waals surface area (Å²) in [7, 11) is 0. The summed E-state index contributed by atoms with van der Waals surface area (Å²) in [4.78, 5) is 11.9. The molecule has 0 unspecified atom stereocenters. The molecule has 0 aliphatic heterocycles. The Morgan fingerprint density at radius 2 is 1.74 bits per heavy atom. The molecule has 0 radical (unpaired) electrons. The van der Waals surface area contributed by atoms with E-state index in [0.29, 0.717) is 23.1 Å². The Morgan fingerprint density at radius 3 is 2.42 bits per heavy atom. The molecule has 0 saturated heterocycles. The topological polar surface area (TPSA) is 121 Å². The second-order valence-corrected chi connectivity index (χ2v) is 6.22. The van der Waals surface area contributed by atoms with Crippen molar-refractivity contribution >= 4 is 17.2 Å². The third-order valence-electron chi connectivity index (χ3n) is 4.19. The highest BCUT2D eigenvalue weighted by Crippen LogP contribution is 2.35. The van der Waals surface area contributed by atoms with Gasteiger partial charge in [-0.05, 0) is 43.3 Å². The summed E-state index contributed by atoms with van der Waals surface area (Å²) < 4.78 is 34.2. The number of nitrogen functional groups attached to an aromatic ring is 1. The van der Waals surface area contributed by atoms with Crippen molar-refractivity contribution in [2.45, 2.75) is 20.8 Å². The van der Waals surface area contributed by atoms with Crippen molar-refractivity contribution in [1.82, 2.24) is 19.8 Å². The van der Waals surface area contributed by atoms with Crippen molar-refractivity contribution in [3.05, 3.63) is 65.5 Å². The highest BCUT2D eigenvalue weighted by molar-refractivity contribution is 5.99. The predicted molar refractivity (Wildman–Crippen MR) is 112 cm³/mol. The van der Waals surface area contributed by atoms with E-state index in [9.17, 15) is 13.6 Å². The average molecular weight is 426 g/mol. The van der Waals surface area contributed by atoms with Crippen molar-refractivity contribution in [2.24, 2.45) is 5.73 Å². The zero-order chi connectivity index (χ0) is 22.7. The molecule has 4 aromatic rings. The number of fused-ring (bicyclic) bond motifs is 1. The monoisotopic (exact) mass is 426 g/mol. The predicted octanol–water partition coefficient (Wildman–Crippen LogP) is 3.88. The minimum absolute atomic E-state index is 0.0944. The first-order valence-electron chi connectivity index (χ1n) is 9.39. The summed E-state index contributed by atoms with van der Waals surface area (Å²) >= 11 is 0. The van der Waals surface area contributed by atoms with Crippen LogP contribution in [0, 0.1) is 18.6 Å². The SMILES string of the molecule is CC.Cc1nnc2c(C(N)=O)cc(-c3cc(N)ccc3Oc3ccc(F)cc3F)nn12. The van der Waals surface area contributed by atoms with Crippen LogP contribution in [0.1, 0.15) is 30.0 Å². The van der Waals surface area contributed by atoms with Gasteiger partial charge in [-0.1, -0.05) is 13.8 Å². The van der Waals surface area contributed by atoms with Gasteiger partial charge in [0.2, 0.25) is 0 Å².